The molecule has 0 saturated heterocycles. The highest BCUT2D eigenvalue weighted by molar-refractivity contribution is 8.00. The number of hydrogen-bond donors (Lipinski definition) is 1. The monoisotopic (exact) mass is 486 g/mol. The zero-order valence-electron chi connectivity index (χ0n) is 17.0. The molecule has 162 valence electrons. The lowest BCUT2D eigenvalue weighted by atomic mass is 10.1. The van der Waals surface area contributed by atoms with Gasteiger partial charge in [-0.1, -0.05) is 54.7 Å². The van der Waals surface area contributed by atoms with Crippen LogP contribution in [0.1, 0.15) is 32.3 Å². The first-order chi connectivity index (χ1) is 14.3. The average molecular weight is 488 g/mol. The summed E-state index contributed by atoms with van der Waals surface area (Å²) < 4.78 is 0. The fraction of sp³-hybridized carbons (Fsp3) is 0.364. The second kappa shape index (κ2) is 12.5. The van der Waals surface area contributed by atoms with E-state index in [4.69, 9.17) is 34.8 Å². The van der Waals surface area contributed by atoms with E-state index in [1.165, 1.54) is 11.8 Å². The molecule has 8 heteroatoms. The van der Waals surface area contributed by atoms with Gasteiger partial charge >= 0.3 is 0 Å². The smallest absolute Gasteiger partial charge is 0.242 e. The third-order valence-corrected chi connectivity index (χ3v) is 6.30. The first-order valence-electron chi connectivity index (χ1n) is 9.75. The molecule has 2 rings (SSSR count). The molecule has 0 fully saturated rings. The van der Waals surface area contributed by atoms with Gasteiger partial charge in [0.1, 0.15) is 6.04 Å². The fourth-order valence-corrected chi connectivity index (χ4v) is 4.26. The van der Waals surface area contributed by atoms with Crippen LogP contribution in [-0.4, -0.2) is 35.1 Å². The van der Waals surface area contributed by atoms with Crippen molar-refractivity contribution < 1.29 is 9.59 Å². The second-order valence-electron chi connectivity index (χ2n) is 6.72. The SMILES string of the molecule is CCCNC(=O)[C@@H](CC)N(Cc1ccc(Cl)cc1Cl)C(=O)CSc1ccc(Cl)cc1. The average Bonchev–Trinajstić information content (AvgIpc) is 2.73. The summed E-state index contributed by atoms with van der Waals surface area (Å²) >= 11 is 19.7. The van der Waals surface area contributed by atoms with Crippen LogP contribution in [-0.2, 0) is 16.1 Å². The molecule has 30 heavy (non-hydrogen) atoms. The van der Waals surface area contributed by atoms with Gasteiger partial charge in [0.15, 0.2) is 0 Å². The molecule has 4 nitrogen and oxygen atoms in total. The zero-order valence-corrected chi connectivity index (χ0v) is 20.0. The molecule has 0 bridgehead atoms. The summed E-state index contributed by atoms with van der Waals surface area (Å²) in [5.74, 6) is -0.0987. The van der Waals surface area contributed by atoms with Crippen LogP contribution in [0, 0.1) is 0 Å². The van der Waals surface area contributed by atoms with Crippen LogP contribution < -0.4 is 5.32 Å². The molecule has 0 aliphatic carbocycles. The Morgan fingerprint density at radius 2 is 1.70 bits per heavy atom. The lowest BCUT2D eigenvalue weighted by molar-refractivity contribution is -0.139. The maximum absolute atomic E-state index is 13.2. The summed E-state index contributed by atoms with van der Waals surface area (Å²) in [5.41, 5.74) is 0.743. The number of amides is 2. The molecule has 2 aromatic carbocycles. The van der Waals surface area contributed by atoms with Gasteiger partial charge < -0.3 is 10.2 Å². The topological polar surface area (TPSA) is 49.4 Å². The minimum atomic E-state index is -0.582. The summed E-state index contributed by atoms with van der Waals surface area (Å²) in [6, 6.07) is 11.9. The number of benzene rings is 2. The van der Waals surface area contributed by atoms with Gasteiger partial charge in [0.05, 0.1) is 5.75 Å². The van der Waals surface area contributed by atoms with Crippen molar-refractivity contribution >= 4 is 58.4 Å². The Labute approximate surface area is 197 Å². The first kappa shape index (κ1) is 24.9. The van der Waals surface area contributed by atoms with Crippen LogP contribution in [0.4, 0.5) is 0 Å². The fourth-order valence-electron chi connectivity index (χ4n) is 2.88. The summed E-state index contributed by atoms with van der Waals surface area (Å²) in [7, 11) is 0. The summed E-state index contributed by atoms with van der Waals surface area (Å²) in [6.45, 7) is 4.68. The predicted molar refractivity (Wildman–Crippen MR) is 127 cm³/mol. The van der Waals surface area contributed by atoms with Gasteiger partial charge in [-0.2, -0.15) is 0 Å². The highest BCUT2D eigenvalue weighted by atomic mass is 35.5. The third kappa shape index (κ3) is 7.38. The number of halogens is 3. The maximum atomic E-state index is 13.2. The van der Waals surface area contributed by atoms with E-state index < -0.39 is 6.04 Å². The molecule has 0 spiro atoms. The normalized spacial score (nSPS) is 11.8. The van der Waals surface area contributed by atoms with Crippen LogP contribution in [0.5, 0.6) is 0 Å². The number of nitrogens with one attached hydrogen (secondary N) is 1. The minimum Gasteiger partial charge on any atom is -0.354 e. The van der Waals surface area contributed by atoms with Gasteiger partial charge in [-0.15, -0.1) is 11.8 Å². The van der Waals surface area contributed by atoms with Crippen LogP contribution in [0.2, 0.25) is 15.1 Å². The van der Waals surface area contributed by atoms with Crippen molar-refractivity contribution in [1.29, 1.82) is 0 Å². The minimum absolute atomic E-state index is 0.139. The van der Waals surface area contributed by atoms with Crippen molar-refractivity contribution in [2.45, 2.75) is 44.2 Å². The van der Waals surface area contributed by atoms with Crippen LogP contribution in [0.25, 0.3) is 0 Å². The number of rotatable bonds is 10. The predicted octanol–water partition coefficient (Wildman–Crippen LogP) is 6.07. The summed E-state index contributed by atoms with van der Waals surface area (Å²) in [5, 5.41) is 4.53. The molecule has 0 radical (unpaired) electrons. The van der Waals surface area contributed by atoms with E-state index in [2.05, 4.69) is 5.32 Å². The molecule has 0 aliphatic rings. The Morgan fingerprint density at radius 3 is 2.30 bits per heavy atom. The van der Waals surface area contributed by atoms with Gasteiger partial charge in [0.25, 0.3) is 0 Å². The van der Waals surface area contributed by atoms with Gasteiger partial charge in [-0.3, -0.25) is 9.59 Å². The number of hydrogen-bond acceptors (Lipinski definition) is 3. The van der Waals surface area contributed by atoms with Gasteiger partial charge in [-0.25, -0.2) is 0 Å². The van der Waals surface area contributed by atoms with E-state index in [0.29, 0.717) is 28.0 Å². The van der Waals surface area contributed by atoms with E-state index in [1.54, 1.807) is 35.2 Å². The molecule has 2 aromatic rings. The summed E-state index contributed by atoms with van der Waals surface area (Å²) in [4.78, 5) is 28.4. The van der Waals surface area contributed by atoms with Crippen LogP contribution >= 0.6 is 46.6 Å². The Kier molecular flexibility index (Phi) is 10.3. The van der Waals surface area contributed by atoms with Crippen molar-refractivity contribution in [3.8, 4) is 0 Å². The highest BCUT2D eigenvalue weighted by Crippen LogP contribution is 2.25. The van der Waals surface area contributed by atoms with Crippen molar-refractivity contribution in [2.75, 3.05) is 12.3 Å². The highest BCUT2D eigenvalue weighted by Gasteiger charge is 2.28. The Hall–Kier alpha value is -1.40. The Bertz CT molecular complexity index is 862. The maximum Gasteiger partial charge on any atom is 0.242 e. The lowest BCUT2D eigenvalue weighted by Crippen LogP contribution is -2.49. The van der Waals surface area contributed by atoms with Crippen LogP contribution in [0.15, 0.2) is 47.4 Å². The number of carbonyl (C=O) groups excluding carboxylic acids is 2. The van der Waals surface area contributed by atoms with Crippen molar-refractivity contribution in [3.63, 3.8) is 0 Å². The molecule has 0 heterocycles. The van der Waals surface area contributed by atoms with Crippen molar-refractivity contribution in [2.24, 2.45) is 0 Å². The molecular formula is C22H25Cl3N2O2S. The summed E-state index contributed by atoms with van der Waals surface area (Å²) in [6.07, 6.45) is 1.32. The first-order valence-corrected chi connectivity index (χ1v) is 11.9. The van der Waals surface area contributed by atoms with Gasteiger partial charge in [0, 0.05) is 33.1 Å². The Balaban J connectivity index is 2.22. The molecule has 0 aromatic heterocycles. The van der Waals surface area contributed by atoms with Gasteiger partial charge in [0.2, 0.25) is 11.8 Å². The number of carbonyl (C=O) groups is 2. The lowest BCUT2D eigenvalue weighted by Gasteiger charge is -2.31. The molecule has 1 N–H and O–H groups in total. The molecule has 1 atom stereocenters. The molecular weight excluding hydrogens is 463 g/mol. The van der Waals surface area contributed by atoms with E-state index >= 15 is 0 Å². The number of nitrogens with zero attached hydrogens (tertiary/aromatic N) is 1. The van der Waals surface area contributed by atoms with E-state index in [1.807, 2.05) is 26.0 Å². The molecule has 0 saturated carbocycles. The van der Waals surface area contributed by atoms with E-state index in [9.17, 15) is 9.59 Å². The van der Waals surface area contributed by atoms with E-state index in [0.717, 1.165) is 16.9 Å². The second-order valence-corrected chi connectivity index (χ2v) is 9.04. The van der Waals surface area contributed by atoms with Crippen molar-refractivity contribution in [3.05, 3.63) is 63.1 Å². The molecule has 2 amide bonds. The largest absolute Gasteiger partial charge is 0.354 e. The standard InChI is InChI=1S/C22H25Cl3N2O2S/c1-3-11-26-22(29)20(4-2)27(13-15-5-6-17(24)12-19(15)25)21(28)14-30-18-9-7-16(23)8-10-18/h5-10,12,20H,3-4,11,13-14H2,1-2H3,(H,26,29)/t20-/m1/s1. The molecule has 0 unspecified atom stereocenters. The number of thioether (sulfide) groups is 1. The molecule has 0 aliphatic heterocycles. The van der Waals surface area contributed by atoms with Crippen LogP contribution in [0.3, 0.4) is 0 Å². The van der Waals surface area contributed by atoms with Gasteiger partial charge in [-0.05, 0) is 54.8 Å². The third-order valence-electron chi connectivity index (χ3n) is 4.47. The van der Waals surface area contributed by atoms with E-state index in [-0.39, 0.29) is 24.1 Å². The van der Waals surface area contributed by atoms with Crippen molar-refractivity contribution in [1.82, 2.24) is 10.2 Å². The Morgan fingerprint density at radius 1 is 1.03 bits per heavy atom. The quantitative estimate of drug-likeness (QED) is 0.414. The zero-order chi connectivity index (χ0) is 22.1.